The third kappa shape index (κ3) is 3.08. The van der Waals surface area contributed by atoms with Crippen molar-refractivity contribution < 1.29 is 4.79 Å². The Morgan fingerprint density at radius 1 is 1.00 bits per heavy atom. The van der Waals surface area contributed by atoms with Gasteiger partial charge in [-0.25, -0.2) is 9.97 Å². The molecule has 0 radical (unpaired) electrons. The minimum absolute atomic E-state index is 0.110. The van der Waals surface area contributed by atoms with E-state index in [0.29, 0.717) is 0 Å². The average molecular weight is 296 g/mol. The van der Waals surface area contributed by atoms with Crippen molar-refractivity contribution in [2.24, 2.45) is 0 Å². The molecule has 0 spiro atoms. The molecule has 1 aliphatic heterocycles. The summed E-state index contributed by atoms with van der Waals surface area (Å²) in [4.78, 5) is 25.0. The standard InChI is InChI=1S/C17H20N4O/c1-13-3-5-15(6-4-13)17(22)21-9-7-20(8-10-21)16-11-14(2)18-12-19-16/h3-6,11-12H,7-10H2,1-2H3. The van der Waals surface area contributed by atoms with Gasteiger partial charge in [-0.15, -0.1) is 0 Å². The molecule has 0 N–H and O–H groups in total. The second-order valence-corrected chi connectivity index (χ2v) is 5.66. The molecule has 1 aliphatic rings. The van der Waals surface area contributed by atoms with Crippen molar-refractivity contribution in [1.82, 2.24) is 14.9 Å². The lowest BCUT2D eigenvalue weighted by Gasteiger charge is -2.35. The molecule has 0 saturated carbocycles. The molecule has 1 saturated heterocycles. The van der Waals surface area contributed by atoms with Crippen LogP contribution in [0.3, 0.4) is 0 Å². The van der Waals surface area contributed by atoms with Crippen LogP contribution in [-0.4, -0.2) is 47.0 Å². The molecule has 0 aliphatic carbocycles. The first-order valence-electron chi connectivity index (χ1n) is 7.53. The normalized spacial score (nSPS) is 15.0. The lowest BCUT2D eigenvalue weighted by molar-refractivity contribution is 0.0746. The third-order valence-electron chi connectivity index (χ3n) is 3.98. The Kier molecular flexibility index (Phi) is 4.04. The highest BCUT2D eigenvalue weighted by Crippen LogP contribution is 2.15. The van der Waals surface area contributed by atoms with E-state index in [2.05, 4.69) is 14.9 Å². The zero-order valence-corrected chi connectivity index (χ0v) is 13.0. The van der Waals surface area contributed by atoms with Crippen LogP contribution in [0.1, 0.15) is 21.6 Å². The fourth-order valence-electron chi connectivity index (χ4n) is 2.63. The van der Waals surface area contributed by atoms with Crippen LogP contribution in [0, 0.1) is 13.8 Å². The van der Waals surface area contributed by atoms with Gasteiger partial charge in [-0.1, -0.05) is 17.7 Å². The quantitative estimate of drug-likeness (QED) is 0.851. The predicted molar refractivity (Wildman–Crippen MR) is 86.1 cm³/mol. The van der Waals surface area contributed by atoms with E-state index in [4.69, 9.17) is 0 Å². The molecular formula is C17H20N4O. The number of benzene rings is 1. The Hall–Kier alpha value is -2.43. The van der Waals surface area contributed by atoms with Gasteiger partial charge in [0.2, 0.25) is 0 Å². The van der Waals surface area contributed by atoms with Crippen LogP contribution < -0.4 is 4.90 Å². The molecule has 0 atom stereocenters. The van der Waals surface area contributed by atoms with Gasteiger partial charge in [-0.3, -0.25) is 4.79 Å². The van der Waals surface area contributed by atoms with Crippen molar-refractivity contribution in [3.8, 4) is 0 Å². The Morgan fingerprint density at radius 2 is 1.68 bits per heavy atom. The number of anilines is 1. The number of carbonyl (C=O) groups excluding carboxylic acids is 1. The topological polar surface area (TPSA) is 49.3 Å². The van der Waals surface area contributed by atoms with E-state index >= 15 is 0 Å². The van der Waals surface area contributed by atoms with Crippen molar-refractivity contribution in [3.63, 3.8) is 0 Å². The van der Waals surface area contributed by atoms with Crippen LogP contribution in [0.15, 0.2) is 36.7 Å². The van der Waals surface area contributed by atoms with E-state index in [0.717, 1.165) is 43.3 Å². The highest BCUT2D eigenvalue weighted by atomic mass is 16.2. The summed E-state index contributed by atoms with van der Waals surface area (Å²) < 4.78 is 0. The first-order valence-corrected chi connectivity index (χ1v) is 7.53. The molecule has 1 amide bonds. The number of nitrogens with zero attached hydrogens (tertiary/aromatic N) is 4. The molecule has 5 nitrogen and oxygen atoms in total. The lowest BCUT2D eigenvalue weighted by Crippen LogP contribution is -2.49. The molecule has 0 bridgehead atoms. The van der Waals surface area contributed by atoms with Crippen molar-refractivity contribution >= 4 is 11.7 Å². The van der Waals surface area contributed by atoms with E-state index < -0.39 is 0 Å². The number of aromatic nitrogens is 2. The maximum atomic E-state index is 12.5. The number of aryl methyl sites for hydroxylation is 2. The van der Waals surface area contributed by atoms with Crippen LogP contribution in [0.5, 0.6) is 0 Å². The summed E-state index contributed by atoms with van der Waals surface area (Å²) in [6, 6.07) is 9.74. The van der Waals surface area contributed by atoms with E-state index in [1.54, 1.807) is 6.33 Å². The van der Waals surface area contributed by atoms with Gasteiger partial charge in [0, 0.05) is 43.5 Å². The van der Waals surface area contributed by atoms with E-state index in [1.165, 1.54) is 5.56 Å². The summed E-state index contributed by atoms with van der Waals surface area (Å²) in [5.74, 6) is 1.05. The first kappa shape index (κ1) is 14.5. The molecule has 2 aromatic rings. The Labute approximate surface area is 130 Å². The van der Waals surface area contributed by atoms with Gasteiger partial charge >= 0.3 is 0 Å². The molecule has 2 heterocycles. The highest BCUT2D eigenvalue weighted by Gasteiger charge is 2.22. The zero-order valence-electron chi connectivity index (χ0n) is 13.0. The molecule has 5 heteroatoms. The number of piperazine rings is 1. The van der Waals surface area contributed by atoms with E-state index in [-0.39, 0.29) is 5.91 Å². The Balaban J connectivity index is 1.64. The van der Waals surface area contributed by atoms with Crippen molar-refractivity contribution in [3.05, 3.63) is 53.5 Å². The molecule has 1 aromatic carbocycles. The maximum Gasteiger partial charge on any atom is 0.253 e. The monoisotopic (exact) mass is 296 g/mol. The van der Waals surface area contributed by atoms with Crippen molar-refractivity contribution in [2.75, 3.05) is 31.1 Å². The number of rotatable bonds is 2. The van der Waals surface area contributed by atoms with Gasteiger partial charge in [0.05, 0.1) is 0 Å². The Bertz CT molecular complexity index is 661. The average Bonchev–Trinajstić information content (AvgIpc) is 2.55. The predicted octanol–water partition coefficient (Wildman–Crippen LogP) is 2.06. The fourth-order valence-corrected chi connectivity index (χ4v) is 2.63. The number of hydrogen-bond acceptors (Lipinski definition) is 4. The maximum absolute atomic E-state index is 12.5. The summed E-state index contributed by atoms with van der Waals surface area (Å²) in [7, 11) is 0. The minimum Gasteiger partial charge on any atom is -0.353 e. The lowest BCUT2D eigenvalue weighted by atomic mass is 10.1. The van der Waals surface area contributed by atoms with Crippen molar-refractivity contribution in [1.29, 1.82) is 0 Å². The summed E-state index contributed by atoms with van der Waals surface area (Å²) >= 11 is 0. The Morgan fingerprint density at radius 3 is 2.32 bits per heavy atom. The minimum atomic E-state index is 0.110. The second kappa shape index (κ2) is 6.13. The summed E-state index contributed by atoms with van der Waals surface area (Å²) in [6.45, 7) is 7.02. The van der Waals surface area contributed by atoms with Crippen LogP contribution in [0.2, 0.25) is 0 Å². The first-order chi connectivity index (χ1) is 10.6. The zero-order chi connectivity index (χ0) is 15.5. The van der Waals surface area contributed by atoms with Crippen molar-refractivity contribution in [2.45, 2.75) is 13.8 Å². The molecule has 1 fully saturated rings. The second-order valence-electron chi connectivity index (χ2n) is 5.66. The molecule has 3 rings (SSSR count). The van der Waals surface area contributed by atoms with Gasteiger partial charge in [-0.2, -0.15) is 0 Å². The number of hydrogen-bond donors (Lipinski definition) is 0. The van der Waals surface area contributed by atoms with Gasteiger partial charge in [0.25, 0.3) is 5.91 Å². The highest BCUT2D eigenvalue weighted by molar-refractivity contribution is 5.94. The van der Waals surface area contributed by atoms with Crippen LogP contribution >= 0.6 is 0 Å². The van der Waals surface area contributed by atoms with E-state index in [1.807, 2.05) is 49.1 Å². The summed E-state index contributed by atoms with van der Waals surface area (Å²) in [6.07, 6.45) is 1.59. The largest absolute Gasteiger partial charge is 0.353 e. The number of amides is 1. The smallest absolute Gasteiger partial charge is 0.253 e. The van der Waals surface area contributed by atoms with Gasteiger partial charge < -0.3 is 9.80 Å². The molecule has 22 heavy (non-hydrogen) atoms. The molecule has 0 unspecified atom stereocenters. The third-order valence-corrected chi connectivity index (χ3v) is 3.98. The number of carbonyl (C=O) groups is 1. The molecule has 114 valence electrons. The van der Waals surface area contributed by atoms with Crippen LogP contribution in [-0.2, 0) is 0 Å². The van der Waals surface area contributed by atoms with Gasteiger partial charge in [0.1, 0.15) is 12.1 Å². The molecule has 1 aromatic heterocycles. The molecular weight excluding hydrogens is 276 g/mol. The van der Waals surface area contributed by atoms with Crippen LogP contribution in [0.25, 0.3) is 0 Å². The SMILES string of the molecule is Cc1ccc(C(=O)N2CCN(c3cc(C)ncn3)CC2)cc1. The summed E-state index contributed by atoms with van der Waals surface area (Å²) in [5, 5.41) is 0. The van der Waals surface area contributed by atoms with E-state index in [9.17, 15) is 4.79 Å². The van der Waals surface area contributed by atoms with Gasteiger partial charge in [-0.05, 0) is 26.0 Å². The van der Waals surface area contributed by atoms with Gasteiger partial charge in [0.15, 0.2) is 0 Å². The van der Waals surface area contributed by atoms with Crippen LogP contribution in [0.4, 0.5) is 5.82 Å². The summed E-state index contributed by atoms with van der Waals surface area (Å²) in [5.41, 5.74) is 2.89. The fraction of sp³-hybridized carbons (Fsp3) is 0.353.